The molecule has 0 spiro atoms. The first-order chi connectivity index (χ1) is 17.0. The summed E-state index contributed by atoms with van der Waals surface area (Å²) >= 11 is 6.02. The van der Waals surface area contributed by atoms with Gasteiger partial charge in [-0.15, -0.1) is 0 Å². The smallest absolute Gasteiger partial charge is 0.244 e. The Bertz CT molecular complexity index is 1140. The van der Waals surface area contributed by atoms with Crippen molar-refractivity contribution in [1.82, 2.24) is 10.2 Å². The number of nitrogens with zero attached hydrogens (tertiary/aromatic N) is 2. The molecule has 0 bridgehead atoms. The number of unbranched alkanes of at least 4 members (excludes halogenated alkanes) is 1. The van der Waals surface area contributed by atoms with Crippen LogP contribution >= 0.6 is 11.6 Å². The minimum Gasteiger partial charge on any atom is -0.495 e. The Morgan fingerprint density at radius 3 is 2.33 bits per heavy atom. The van der Waals surface area contributed by atoms with Gasteiger partial charge in [0.1, 0.15) is 18.3 Å². The van der Waals surface area contributed by atoms with Gasteiger partial charge in [0.25, 0.3) is 0 Å². The van der Waals surface area contributed by atoms with E-state index in [9.17, 15) is 18.0 Å². The number of nitrogens with one attached hydrogen (secondary N) is 1. The number of benzene rings is 2. The number of carbonyl (C=O) groups is 2. The molecule has 0 radical (unpaired) electrons. The molecule has 198 valence electrons. The largest absolute Gasteiger partial charge is 0.495 e. The number of halogens is 1. The highest BCUT2D eigenvalue weighted by atomic mass is 35.5. The predicted molar refractivity (Wildman–Crippen MR) is 144 cm³/mol. The van der Waals surface area contributed by atoms with E-state index in [2.05, 4.69) is 5.32 Å². The summed E-state index contributed by atoms with van der Waals surface area (Å²) in [5.74, 6) is -0.448. The number of sulfonamides is 1. The first-order valence-corrected chi connectivity index (χ1v) is 14.2. The van der Waals surface area contributed by atoms with Crippen LogP contribution in [0.4, 0.5) is 5.69 Å². The van der Waals surface area contributed by atoms with E-state index in [1.807, 2.05) is 20.8 Å². The Kier molecular flexibility index (Phi) is 11.0. The minimum absolute atomic E-state index is 0.123. The van der Waals surface area contributed by atoms with Gasteiger partial charge in [0.05, 0.1) is 19.1 Å². The van der Waals surface area contributed by atoms with Crippen LogP contribution in [0.25, 0.3) is 0 Å². The zero-order valence-electron chi connectivity index (χ0n) is 21.6. The second-order valence-corrected chi connectivity index (χ2v) is 11.0. The highest BCUT2D eigenvalue weighted by molar-refractivity contribution is 7.92. The fourth-order valence-electron chi connectivity index (χ4n) is 3.80. The van der Waals surface area contributed by atoms with Gasteiger partial charge in [-0.1, -0.05) is 50.1 Å². The van der Waals surface area contributed by atoms with E-state index < -0.39 is 28.5 Å². The number of ether oxygens (including phenoxy) is 1. The summed E-state index contributed by atoms with van der Waals surface area (Å²) in [6.45, 7) is 5.82. The van der Waals surface area contributed by atoms with Gasteiger partial charge in [0.2, 0.25) is 21.8 Å². The summed E-state index contributed by atoms with van der Waals surface area (Å²) in [6, 6.07) is 11.3. The standard InChI is InChI=1S/C26H36ClN3O5S/c1-6-8-15-28-26(32)22(7-2)29(17-20-10-12-21(27)13-11-20)25(31)18-30(36(5,33)34)23-16-19(3)9-14-24(23)35-4/h9-14,16,22H,6-8,15,17-18H2,1-5H3,(H,28,32)/t22-/m0/s1. The molecule has 2 aromatic carbocycles. The maximum atomic E-state index is 13.7. The number of hydrogen-bond acceptors (Lipinski definition) is 5. The molecule has 1 N–H and O–H groups in total. The highest BCUT2D eigenvalue weighted by Gasteiger charge is 2.32. The molecule has 2 amide bonds. The van der Waals surface area contributed by atoms with Crippen molar-refractivity contribution in [3.63, 3.8) is 0 Å². The summed E-state index contributed by atoms with van der Waals surface area (Å²) in [4.78, 5) is 28.2. The lowest BCUT2D eigenvalue weighted by molar-refractivity contribution is -0.140. The van der Waals surface area contributed by atoms with Crippen LogP contribution < -0.4 is 14.4 Å². The van der Waals surface area contributed by atoms with Crippen molar-refractivity contribution in [2.45, 2.75) is 52.6 Å². The highest BCUT2D eigenvalue weighted by Crippen LogP contribution is 2.31. The summed E-state index contributed by atoms with van der Waals surface area (Å²) < 4.78 is 32.0. The summed E-state index contributed by atoms with van der Waals surface area (Å²) in [7, 11) is -2.42. The molecule has 0 aliphatic rings. The monoisotopic (exact) mass is 537 g/mol. The topological polar surface area (TPSA) is 96.0 Å². The number of carbonyl (C=O) groups excluding carboxylic acids is 2. The van der Waals surface area contributed by atoms with Crippen molar-refractivity contribution in [3.05, 3.63) is 58.6 Å². The molecule has 36 heavy (non-hydrogen) atoms. The van der Waals surface area contributed by atoms with Crippen LogP contribution in [0.1, 0.15) is 44.2 Å². The quantitative estimate of drug-likeness (QED) is 0.387. The molecular weight excluding hydrogens is 502 g/mol. The second-order valence-electron chi connectivity index (χ2n) is 8.66. The fourth-order valence-corrected chi connectivity index (χ4v) is 4.77. The molecule has 1 atom stereocenters. The average molecular weight is 538 g/mol. The lowest BCUT2D eigenvalue weighted by atomic mass is 10.1. The molecule has 0 heterocycles. The SMILES string of the molecule is CCCCNC(=O)[C@H](CC)N(Cc1ccc(Cl)cc1)C(=O)CN(c1cc(C)ccc1OC)S(C)(=O)=O. The Hall–Kier alpha value is -2.78. The third-order valence-corrected chi connectivity index (χ3v) is 7.14. The lowest BCUT2D eigenvalue weighted by Gasteiger charge is -2.33. The van der Waals surface area contributed by atoms with Gasteiger partial charge in [0.15, 0.2) is 0 Å². The number of methoxy groups -OCH3 is 1. The number of anilines is 1. The fraction of sp³-hybridized carbons (Fsp3) is 0.462. The predicted octanol–water partition coefficient (Wildman–Crippen LogP) is 4.15. The van der Waals surface area contributed by atoms with Crippen LogP contribution in [0.2, 0.25) is 5.02 Å². The van der Waals surface area contributed by atoms with Gasteiger partial charge in [-0.3, -0.25) is 13.9 Å². The Morgan fingerprint density at radius 1 is 1.11 bits per heavy atom. The second kappa shape index (κ2) is 13.5. The normalized spacial score (nSPS) is 12.1. The zero-order chi connectivity index (χ0) is 26.9. The van der Waals surface area contributed by atoms with Crippen LogP contribution in [-0.4, -0.2) is 57.6 Å². The Morgan fingerprint density at radius 2 is 1.78 bits per heavy atom. The molecule has 0 aromatic heterocycles. The number of hydrogen-bond donors (Lipinski definition) is 1. The molecule has 0 fully saturated rings. The molecule has 10 heteroatoms. The van der Waals surface area contributed by atoms with Gasteiger partial charge in [-0.2, -0.15) is 0 Å². The van der Waals surface area contributed by atoms with Crippen molar-refractivity contribution in [1.29, 1.82) is 0 Å². The number of amides is 2. The van der Waals surface area contributed by atoms with E-state index in [1.54, 1.807) is 42.5 Å². The van der Waals surface area contributed by atoms with Crippen LogP contribution in [0.3, 0.4) is 0 Å². The first-order valence-electron chi connectivity index (χ1n) is 12.0. The molecular formula is C26H36ClN3O5S. The maximum absolute atomic E-state index is 13.7. The van der Waals surface area contributed by atoms with E-state index in [1.165, 1.54) is 12.0 Å². The molecule has 2 rings (SSSR count). The first kappa shape index (κ1) is 29.5. The molecule has 0 aliphatic heterocycles. The summed E-state index contributed by atoms with van der Waals surface area (Å²) in [5, 5.41) is 3.45. The van der Waals surface area contributed by atoms with Crippen LogP contribution in [0, 0.1) is 6.92 Å². The van der Waals surface area contributed by atoms with Crippen molar-refractivity contribution in [2.24, 2.45) is 0 Å². The van der Waals surface area contributed by atoms with Crippen molar-refractivity contribution >= 4 is 39.1 Å². The Labute approximate surface area is 219 Å². The molecule has 8 nitrogen and oxygen atoms in total. The van der Waals surface area contributed by atoms with Crippen molar-refractivity contribution in [2.75, 3.05) is 30.8 Å². The molecule has 0 saturated carbocycles. The molecule has 0 saturated heterocycles. The molecule has 0 aliphatic carbocycles. The van der Waals surface area contributed by atoms with Crippen LogP contribution in [-0.2, 0) is 26.2 Å². The third kappa shape index (κ3) is 8.13. The van der Waals surface area contributed by atoms with E-state index >= 15 is 0 Å². The van der Waals surface area contributed by atoms with Gasteiger partial charge >= 0.3 is 0 Å². The van der Waals surface area contributed by atoms with Crippen LogP contribution in [0.15, 0.2) is 42.5 Å². The number of aryl methyl sites for hydroxylation is 1. The third-order valence-electron chi connectivity index (χ3n) is 5.76. The van der Waals surface area contributed by atoms with Crippen molar-refractivity contribution < 1.29 is 22.7 Å². The van der Waals surface area contributed by atoms with Crippen LogP contribution in [0.5, 0.6) is 5.75 Å². The lowest BCUT2D eigenvalue weighted by Crippen LogP contribution is -2.52. The van der Waals surface area contributed by atoms with E-state index in [-0.39, 0.29) is 18.1 Å². The zero-order valence-corrected chi connectivity index (χ0v) is 23.2. The molecule has 0 unspecified atom stereocenters. The average Bonchev–Trinajstić information content (AvgIpc) is 2.83. The van der Waals surface area contributed by atoms with E-state index in [0.717, 1.165) is 34.5 Å². The minimum atomic E-state index is -3.86. The van der Waals surface area contributed by atoms with E-state index in [4.69, 9.17) is 16.3 Å². The van der Waals surface area contributed by atoms with Crippen molar-refractivity contribution in [3.8, 4) is 5.75 Å². The number of rotatable bonds is 13. The van der Waals surface area contributed by atoms with Gasteiger partial charge in [-0.25, -0.2) is 8.42 Å². The van der Waals surface area contributed by atoms with Gasteiger partial charge in [-0.05, 0) is 55.2 Å². The van der Waals surface area contributed by atoms with Gasteiger partial charge in [0, 0.05) is 18.1 Å². The summed E-state index contributed by atoms with van der Waals surface area (Å²) in [6.07, 6.45) is 3.15. The Balaban J connectivity index is 2.46. The van der Waals surface area contributed by atoms with Gasteiger partial charge < -0.3 is 15.0 Å². The van der Waals surface area contributed by atoms with E-state index in [0.29, 0.717) is 23.7 Å². The maximum Gasteiger partial charge on any atom is 0.244 e. The molecule has 2 aromatic rings. The summed E-state index contributed by atoms with van der Waals surface area (Å²) in [5.41, 5.74) is 1.85.